The van der Waals surface area contributed by atoms with Crippen LogP contribution in [0.4, 0.5) is 5.69 Å². The molecule has 0 radical (unpaired) electrons. The number of hydrogen-bond acceptors (Lipinski definition) is 3. The predicted octanol–water partition coefficient (Wildman–Crippen LogP) is 3.04. The van der Waals surface area contributed by atoms with Gasteiger partial charge in [-0.25, -0.2) is 0 Å². The van der Waals surface area contributed by atoms with E-state index < -0.39 is 0 Å². The lowest BCUT2D eigenvalue weighted by Crippen LogP contribution is -2.51. The zero-order valence-corrected chi connectivity index (χ0v) is 15.5. The number of aliphatic imine (C=N–C) groups is 1. The van der Waals surface area contributed by atoms with Crippen molar-refractivity contribution in [2.24, 2.45) is 10.7 Å². The molecule has 5 heteroatoms. The number of nitrogens with zero attached hydrogens (tertiary/aromatic N) is 2. The highest BCUT2D eigenvalue weighted by Gasteiger charge is 2.27. The van der Waals surface area contributed by atoms with Crippen LogP contribution in [0.5, 0.6) is 0 Å². The van der Waals surface area contributed by atoms with E-state index in [0.29, 0.717) is 18.4 Å². The molecular weight excluding hydrogens is 300 g/mol. The monoisotopic (exact) mass is 332 g/mol. The molecular formula is C19H32N4O. The summed E-state index contributed by atoms with van der Waals surface area (Å²) in [5, 5.41) is 3.19. The summed E-state index contributed by atoms with van der Waals surface area (Å²) in [5.74, 6) is 1.05. The zero-order chi connectivity index (χ0) is 17.6. The van der Waals surface area contributed by atoms with Crippen molar-refractivity contribution in [2.75, 3.05) is 38.2 Å². The van der Waals surface area contributed by atoms with E-state index in [1.165, 1.54) is 5.56 Å². The normalized spacial score (nSPS) is 18.4. The van der Waals surface area contributed by atoms with Gasteiger partial charge in [-0.05, 0) is 43.9 Å². The maximum Gasteiger partial charge on any atom is 0.193 e. The average molecular weight is 332 g/mol. The van der Waals surface area contributed by atoms with Crippen LogP contribution in [0, 0.1) is 0 Å². The molecule has 3 N–H and O–H groups in total. The number of guanidine groups is 1. The maximum absolute atomic E-state index is 6.06. The summed E-state index contributed by atoms with van der Waals surface area (Å²) in [4.78, 5) is 6.95. The van der Waals surface area contributed by atoms with Gasteiger partial charge in [-0.3, -0.25) is 9.89 Å². The zero-order valence-electron chi connectivity index (χ0n) is 15.5. The second kappa shape index (κ2) is 8.49. The molecule has 1 heterocycles. The molecule has 1 fully saturated rings. The molecule has 5 nitrogen and oxygen atoms in total. The minimum atomic E-state index is -0.0174. The summed E-state index contributed by atoms with van der Waals surface area (Å²) in [6.07, 6.45) is 1.15. The van der Waals surface area contributed by atoms with E-state index in [9.17, 15) is 0 Å². The van der Waals surface area contributed by atoms with E-state index in [0.717, 1.165) is 38.4 Å². The largest absolute Gasteiger partial charge is 0.379 e. The SMILES string of the molecule is CCC(C)c1ccc(NC(N)=NCC(C)(C)N2CCOCC2)cc1. The van der Waals surface area contributed by atoms with Gasteiger partial charge in [0, 0.05) is 24.3 Å². The van der Waals surface area contributed by atoms with Gasteiger partial charge >= 0.3 is 0 Å². The third-order valence-electron chi connectivity index (χ3n) is 4.87. The molecule has 0 aromatic heterocycles. The molecule has 1 unspecified atom stereocenters. The summed E-state index contributed by atoms with van der Waals surface area (Å²) in [5.41, 5.74) is 8.38. The Bertz CT molecular complexity index is 533. The fourth-order valence-corrected chi connectivity index (χ4v) is 2.87. The number of hydrogen-bond donors (Lipinski definition) is 2. The summed E-state index contributed by atoms with van der Waals surface area (Å²) in [7, 11) is 0. The molecule has 24 heavy (non-hydrogen) atoms. The van der Waals surface area contributed by atoms with Crippen molar-refractivity contribution in [1.29, 1.82) is 0 Å². The van der Waals surface area contributed by atoms with Crippen molar-refractivity contribution in [3.63, 3.8) is 0 Å². The van der Waals surface area contributed by atoms with E-state index >= 15 is 0 Å². The van der Waals surface area contributed by atoms with Gasteiger partial charge in [0.1, 0.15) is 0 Å². The molecule has 2 rings (SSSR count). The number of anilines is 1. The number of nitrogens with one attached hydrogen (secondary N) is 1. The van der Waals surface area contributed by atoms with Crippen molar-refractivity contribution >= 4 is 11.6 Å². The second-order valence-corrected chi connectivity index (χ2v) is 7.17. The topological polar surface area (TPSA) is 62.9 Å². The Labute approximate surface area is 146 Å². The molecule has 0 saturated carbocycles. The smallest absolute Gasteiger partial charge is 0.193 e. The second-order valence-electron chi connectivity index (χ2n) is 7.17. The first-order valence-corrected chi connectivity index (χ1v) is 8.92. The number of rotatable bonds is 6. The van der Waals surface area contributed by atoms with Crippen LogP contribution in [0.1, 0.15) is 45.6 Å². The van der Waals surface area contributed by atoms with E-state index in [-0.39, 0.29) is 5.54 Å². The first-order valence-electron chi connectivity index (χ1n) is 8.92. The van der Waals surface area contributed by atoms with Crippen LogP contribution in [0.25, 0.3) is 0 Å². The van der Waals surface area contributed by atoms with Crippen molar-refractivity contribution in [1.82, 2.24) is 4.90 Å². The molecule has 1 saturated heterocycles. The van der Waals surface area contributed by atoms with Crippen LogP contribution in [0.2, 0.25) is 0 Å². The third kappa shape index (κ3) is 5.21. The predicted molar refractivity (Wildman–Crippen MR) is 102 cm³/mol. The summed E-state index contributed by atoms with van der Waals surface area (Å²) < 4.78 is 5.42. The highest BCUT2D eigenvalue weighted by atomic mass is 16.5. The Morgan fingerprint density at radius 2 is 1.92 bits per heavy atom. The highest BCUT2D eigenvalue weighted by Crippen LogP contribution is 2.20. The highest BCUT2D eigenvalue weighted by molar-refractivity contribution is 5.92. The number of ether oxygens (including phenoxy) is 1. The summed E-state index contributed by atoms with van der Waals surface area (Å²) >= 11 is 0. The fourth-order valence-electron chi connectivity index (χ4n) is 2.87. The Morgan fingerprint density at radius 3 is 2.50 bits per heavy atom. The molecule has 1 atom stereocenters. The van der Waals surface area contributed by atoms with Gasteiger partial charge in [0.15, 0.2) is 5.96 Å². The van der Waals surface area contributed by atoms with Crippen LogP contribution in [-0.2, 0) is 4.74 Å². The summed E-state index contributed by atoms with van der Waals surface area (Å²) in [6.45, 7) is 13.0. The lowest BCUT2D eigenvalue weighted by Gasteiger charge is -2.39. The molecule has 0 aliphatic carbocycles. The third-order valence-corrected chi connectivity index (χ3v) is 4.87. The molecule has 0 bridgehead atoms. The van der Waals surface area contributed by atoms with Crippen LogP contribution in [0.3, 0.4) is 0 Å². The Morgan fingerprint density at radius 1 is 1.29 bits per heavy atom. The van der Waals surface area contributed by atoms with Crippen LogP contribution < -0.4 is 11.1 Å². The fraction of sp³-hybridized carbons (Fsp3) is 0.632. The molecule has 0 spiro atoms. The maximum atomic E-state index is 6.06. The van der Waals surface area contributed by atoms with E-state index in [4.69, 9.17) is 10.5 Å². The van der Waals surface area contributed by atoms with Gasteiger partial charge < -0.3 is 15.8 Å². The van der Waals surface area contributed by atoms with Gasteiger partial charge in [0.05, 0.1) is 19.8 Å². The van der Waals surface area contributed by atoms with Crippen LogP contribution >= 0.6 is 0 Å². The van der Waals surface area contributed by atoms with Gasteiger partial charge in [-0.2, -0.15) is 0 Å². The van der Waals surface area contributed by atoms with E-state index in [1.807, 2.05) is 0 Å². The minimum Gasteiger partial charge on any atom is -0.379 e. The van der Waals surface area contributed by atoms with E-state index in [2.05, 4.69) is 67.2 Å². The van der Waals surface area contributed by atoms with Crippen molar-refractivity contribution in [3.05, 3.63) is 29.8 Å². The Kier molecular flexibility index (Phi) is 6.63. The molecule has 1 aliphatic heterocycles. The van der Waals surface area contributed by atoms with Gasteiger partial charge in [0.2, 0.25) is 0 Å². The minimum absolute atomic E-state index is 0.0174. The number of nitrogens with two attached hydrogens (primary N) is 1. The van der Waals surface area contributed by atoms with Crippen molar-refractivity contribution in [3.8, 4) is 0 Å². The average Bonchev–Trinajstić information content (AvgIpc) is 2.61. The Balaban J connectivity index is 1.91. The van der Waals surface area contributed by atoms with Crippen LogP contribution in [-0.4, -0.2) is 49.2 Å². The molecule has 1 aromatic rings. The molecule has 1 aromatic carbocycles. The lowest BCUT2D eigenvalue weighted by atomic mass is 9.99. The van der Waals surface area contributed by atoms with Crippen molar-refractivity contribution in [2.45, 2.75) is 45.6 Å². The molecule has 1 aliphatic rings. The first-order chi connectivity index (χ1) is 11.4. The molecule has 134 valence electrons. The van der Waals surface area contributed by atoms with Gasteiger partial charge in [0.25, 0.3) is 0 Å². The number of morpholine rings is 1. The number of benzene rings is 1. The van der Waals surface area contributed by atoms with E-state index in [1.54, 1.807) is 0 Å². The molecule has 0 amide bonds. The standard InChI is InChI=1S/C19H32N4O/c1-5-15(2)16-6-8-17(9-7-16)22-18(20)21-14-19(3,4)23-10-12-24-13-11-23/h6-9,15H,5,10-14H2,1-4H3,(H3,20,21,22). The first kappa shape index (κ1) is 18.7. The van der Waals surface area contributed by atoms with Gasteiger partial charge in [-0.15, -0.1) is 0 Å². The lowest BCUT2D eigenvalue weighted by molar-refractivity contribution is -0.00680. The quantitative estimate of drug-likeness (QED) is 0.621. The van der Waals surface area contributed by atoms with Gasteiger partial charge in [-0.1, -0.05) is 26.0 Å². The Hall–Kier alpha value is -1.59. The van der Waals surface area contributed by atoms with Crippen molar-refractivity contribution < 1.29 is 4.74 Å². The van der Waals surface area contributed by atoms with Crippen LogP contribution in [0.15, 0.2) is 29.3 Å². The summed E-state index contributed by atoms with van der Waals surface area (Å²) in [6, 6.07) is 8.44.